The molecule has 0 bridgehead atoms. The van der Waals surface area contributed by atoms with Gasteiger partial charge in [-0.05, 0) is 49.6 Å². The fourth-order valence-electron chi connectivity index (χ4n) is 3.35. The van der Waals surface area contributed by atoms with E-state index in [1.165, 1.54) is 23.1 Å². The molecule has 0 radical (unpaired) electrons. The molecule has 0 aliphatic heterocycles. The first-order valence-corrected chi connectivity index (χ1v) is 12.0. The lowest BCUT2D eigenvalue weighted by Crippen LogP contribution is -2.15. The Morgan fingerprint density at radius 1 is 1.35 bits per heavy atom. The first-order chi connectivity index (χ1) is 15.0. The molecule has 0 atom stereocenters. The van der Waals surface area contributed by atoms with Crippen LogP contribution in [0.1, 0.15) is 24.4 Å². The number of thiophene rings is 1. The highest BCUT2D eigenvalue weighted by molar-refractivity contribution is 7.99. The lowest BCUT2D eigenvalue weighted by Gasteiger charge is -2.10. The Balaban J connectivity index is 1.38. The van der Waals surface area contributed by atoms with E-state index in [4.69, 9.17) is 17.3 Å². The maximum absolute atomic E-state index is 12.5. The van der Waals surface area contributed by atoms with Crippen LogP contribution in [0.4, 0.5) is 11.4 Å². The number of thioether (sulfide) groups is 1. The van der Waals surface area contributed by atoms with Crippen molar-refractivity contribution in [3.05, 3.63) is 47.1 Å². The maximum atomic E-state index is 12.5. The molecular weight excluding hydrogens is 452 g/mol. The fourth-order valence-corrected chi connectivity index (χ4v) is 5.38. The van der Waals surface area contributed by atoms with E-state index in [-0.39, 0.29) is 11.7 Å². The van der Waals surface area contributed by atoms with Gasteiger partial charge in [0.05, 0.1) is 16.3 Å². The second-order valence-electron chi connectivity index (χ2n) is 7.40. The number of aromatic nitrogens is 4. The number of nitrogens with one attached hydrogen (secondary N) is 1. The number of anilines is 2. The van der Waals surface area contributed by atoms with E-state index >= 15 is 0 Å². The van der Waals surface area contributed by atoms with Crippen LogP contribution >= 0.6 is 34.7 Å². The second kappa shape index (κ2) is 8.14. The molecule has 7 nitrogen and oxygen atoms in total. The molecule has 1 fully saturated rings. The molecular formula is C21H19ClN6OS2. The molecule has 0 spiro atoms. The number of halogens is 1. The fraction of sp³-hybridized carbons (Fsp3) is 0.238. The minimum atomic E-state index is -0.118. The van der Waals surface area contributed by atoms with E-state index in [1.807, 2.05) is 25.1 Å². The van der Waals surface area contributed by atoms with Gasteiger partial charge in [0.1, 0.15) is 4.83 Å². The maximum Gasteiger partial charge on any atom is 0.234 e. The van der Waals surface area contributed by atoms with Crippen molar-refractivity contribution >= 4 is 62.2 Å². The normalized spacial score (nSPS) is 13.6. The Morgan fingerprint density at radius 2 is 2.19 bits per heavy atom. The van der Waals surface area contributed by atoms with Gasteiger partial charge in [-0.15, -0.1) is 21.5 Å². The van der Waals surface area contributed by atoms with Crippen LogP contribution in [0.25, 0.3) is 20.9 Å². The topological polar surface area (TPSA) is 98.7 Å². The molecule has 1 amide bonds. The van der Waals surface area contributed by atoms with Gasteiger partial charge in [-0.25, -0.2) is 4.98 Å². The number of carbonyl (C=O) groups is 1. The number of carbonyl (C=O) groups excluding carboxylic acids is 1. The quantitative estimate of drug-likeness (QED) is 0.377. The zero-order valence-corrected chi connectivity index (χ0v) is 19.0. The zero-order valence-electron chi connectivity index (χ0n) is 16.6. The van der Waals surface area contributed by atoms with Gasteiger partial charge >= 0.3 is 0 Å². The molecule has 1 aliphatic rings. The smallest absolute Gasteiger partial charge is 0.234 e. The summed E-state index contributed by atoms with van der Waals surface area (Å²) < 4.78 is 2.11. The van der Waals surface area contributed by atoms with Gasteiger partial charge in [0.15, 0.2) is 11.0 Å². The number of nitrogens with zero attached hydrogens (tertiary/aromatic N) is 4. The summed E-state index contributed by atoms with van der Waals surface area (Å²) in [6.07, 6.45) is 3.89. The van der Waals surface area contributed by atoms with Gasteiger partial charge < -0.3 is 11.1 Å². The van der Waals surface area contributed by atoms with Crippen LogP contribution in [0, 0.1) is 6.92 Å². The highest BCUT2D eigenvalue weighted by Gasteiger charge is 2.32. The van der Waals surface area contributed by atoms with Crippen molar-refractivity contribution in [2.24, 2.45) is 0 Å². The predicted molar refractivity (Wildman–Crippen MR) is 127 cm³/mol. The summed E-state index contributed by atoms with van der Waals surface area (Å²) in [6.45, 7) is 1.93. The third kappa shape index (κ3) is 4.00. The van der Waals surface area contributed by atoms with Gasteiger partial charge in [-0.1, -0.05) is 29.4 Å². The standard InChI is InChI=1S/C21H19ClN6OS2/c1-11-4-5-12(22)9-15(11)25-16(29)10-30-21-27-26-19(28(21)13-6-7-13)18-17(23)14-3-2-8-24-20(14)31-18/h2-5,8-9,13H,6-7,10,23H2,1H3,(H,25,29). The Kier molecular flexibility index (Phi) is 5.33. The van der Waals surface area contributed by atoms with E-state index in [1.54, 1.807) is 18.3 Å². The molecule has 3 N–H and O–H groups in total. The van der Waals surface area contributed by atoms with Crippen molar-refractivity contribution < 1.29 is 4.79 Å². The van der Waals surface area contributed by atoms with Gasteiger partial charge in [0.25, 0.3) is 0 Å². The lowest BCUT2D eigenvalue weighted by atomic mass is 10.2. The van der Waals surface area contributed by atoms with Crippen LogP contribution in [0.2, 0.25) is 5.02 Å². The average molecular weight is 471 g/mol. The lowest BCUT2D eigenvalue weighted by molar-refractivity contribution is -0.113. The van der Waals surface area contributed by atoms with E-state index in [0.29, 0.717) is 22.4 Å². The predicted octanol–water partition coefficient (Wildman–Crippen LogP) is 5.16. The Labute approximate surface area is 192 Å². The van der Waals surface area contributed by atoms with Crippen molar-refractivity contribution in [2.75, 3.05) is 16.8 Å². The summed E-state index contributed by atoms with van der Waals surface area (Å²) in [5.74, 6) is 0.852. The molecule has 4 aromatic rings. The van der Waals surface area contributed by atoms with E-state index in [9.17, 15) is 4.79 Å². The third-order valence-corrected chi connectivity index (χ3v) is 7.39. The van der Waals surface area contributed by atoms with E-state index < -0.39 is 0 Å². The molecule has 0 unspecified atom stereocenters. The van der Waals surface area contributed by atoms with E-state index in [2.05, 4.69) is 25.1 Å². The highest BCUT2D eigenvalue weighted by atomic mass is 35.5. The Bertz CT molecular complexity index is 1300. The summed E-state index contributed by atoms with van der Waals surface area (Å²) >= 11 is 8.94. The first-order valence-electron chi connectivity index (χ1n) is 9.78. The molecule has 0 saturated heterocycles. The zero-order chi connectivity index (χ0) is 21.5. The Hall–Kier alpha value is -2.62. The highest BCUT2D eigenvalue weighted by Crippen LogP contribution is 2.45. The van der Waals surface area contributed by atoms with Crippen molar-refractivity contribution in [3.8, 4) is 10.7 Å². The number of amides is 1. The summed E-state index contributed by atoms with van der Waals surface area (Å²) in [7, 11) is 0. The molecule has 1 saturated carbocycles. The number of hydrogen-bond donors (Lipinski definition) is 2. The molecule has 31 heavy (non-hydrogen) atoms. The van der Waals surface area contributed by atoms with Crippen LogP contribution in [0.15, 0.2) is 41.7 Å². The minimum absolute atomic E-state index is 0.118. The van der Waals surface area contributed by atoms with Crippen molar-refractivity contribution in [2.45, 2.75) is 31.0 Å². The number of pyridine rings is 1. The van der Waals surface area contributed by atoms with Crippen molar-refractivity contribution in [1.82, 2.24) is 19.7 Å². The number of fused-ring (bicyclic) bond motifs is 1. The number of nitrogen functional groups attached to an aromatic ring is 1. The average Bonchev–Trinajstić information content (AvgIpc) is 3.43. The molecule has 5 rings (SSSR count). The van der Waals surface area contributed by atoms with Crippen LogP contribution < -0.4 is 11.1 Å². The molecule has 1 aromatic carbocycles. The summed E-state index contributed by atoms with van der Waals surface area (Å²) in [6, 6.07) is 9.61. The van der Waals surface area contributed by atoms with Gasteiger partial charge in [0, 0.05) is 28.3 Å². The second-order valence-corrected chi connectivity index (χ2v) is 9.78. The summed E-state index contributed by atoms with van der Waals surface area (Å²) in [4.78, 5) is 18.7. The van der Waals surface area contributed by atoms with Crippen molar-refractivity contribution in [1.29, 1.82) is 0 Å². The molecule has 10 heteroatoms. The third-order valence-electron chi connectivity index (χ3n) is 5.09. The minimum Gasteiger partial charge on any atom is -0.397 e. The summed E-state index contributed by atoms with van der Waals surface area (Å²) in [5, 5.41) is 14.0. The SMILES string of the molecule is Cc1ccc(Cl)cc1NC(=O)CSc1nnc(-c2sc3ncccc3c2N)n1C1CC1. The molecule has 158 valence electrons. The van der Waals surface area contributed by atoms with E-state index in [0.717, 1.165) is 44.5 Å². The van der Waals surface area contributed by atoms with Crippen LogP contribution in [-0.2, 0) is 4.79 Å². The van der Waals surface area contributed by atoms with Gasteiger partial charge in [0.2, 0.25) is 5.91 Å². The van der Waals surface area contributed by atoms with Gasteiger partial charge in [-0.3, -0.25) is 9.36 Å². The van der Waals surface area contributed by atoms with Crippen LogP contribution in [0.3, 0.4) is 0 Å². The number of hydrogen-bond acceptors (Lipinski definition) is 7. The molecule has 3 heterocycles. The Morgan fingerprint density at radius 3 is 2.97 bits per heavy atom. The largest absolute Gasteiger partial charge is 0.397 e. The molecule has 1 aliphatic carbocycles. The number of aryl methyl sites for hydroxylation is 1. The van der Waals surface area contributed by atoms with Crippen molar-refractivity contribution in [3.63, 3.8) is 0 Å². The first kappa shape index (κ1) is 20.3. The van der Waals surface area contributed by atoms with Crippen LogP contribution in [0.5, 0.6) is 0 Å². The number of benzene rings is 1. The monoisotopic (exact) mass is 470 g/mol. The van der Waals surface area contributed by atoms with Crippen LogP contribution in [-0.4, -0.2) is 31.4 Å². The number of rotatable bonds is 6. The molecule has 3 aromatic heterocycles. The summed E-state index contributed by atoms with van der Waals surface area (Å²) in [5.41, 5.74) is 8.76. The number of nitrogens with two attached hydrogens (primary N) is 1. The van der Waals surface area contributed by atoms with Gasteiger partial charge in [-0.2, -0.15) is 0 Å².